The summed E-state index contributed by atoms with van der Waals surface area (Å²) in [7, 11) is 1.55. The van der Waals surface area contributed by atoms with E-state index in [2.05, 4.69) is 22.6 Å². The molecule has 0 bridgehead atoms. The normalized spacial score (nSPS) is 14.4. The Balaban J connectivity index is 1.61. The first-order valence-corrected chi connectivity index (χ1v) is 17.7. The summed E-state index contributed by atoms with van der Waals surface area (Å²) in [4.78, 5) is 32.8. The monoisotopic (exact) mass is 802 g/mol. The molecule has 2 heterocycles. The molecule has 1 atom stereocenters. The van der Waals surface area contributed by atoms with Gasteiger partial charge >= 0.3 is 5.97 Å². The molecule has 5 rings (SSSR count). The minimum absolute atomic E-state index is 0.0751. The Morgan fingerprint density at radius 3 is 2.52 bits per heavy atom. The van der Waals surface area contributed by atoms with E-state index in [9.17, 15) is 9.59 Å². The van der Waals surface area contributed by atoms with Crippen LogP contribution in [0.25, 0.3) is 6.08 Å². The van der Waals surface area contributed by atoms with Crippen LogP contribution < -0.4 is 33.8 Å². The number of aromatic nitrogens is 1. The van der Waals surface area contributed by atoms with Gasteiger partial charge in [-0.25, -0.2) is 9.79 Å². The second-order valence-corrected chi connectivity index (χ2v) is 13.6. The molecule has 48 heavy (non-hydrogen) atoms. The van der Waals surface area contributed by atoms with Crippen molar-refractivity contribution in [3.05, 3.63) is 111 Å². The summed E-state index contributed by atoms with van der Waals surface area (Å²) < 4.78 is 32.0. The maximum Gasteiger partial charge on any atom is 0.338 e. The van der Waals surface area contributed by atoms with Gasteiger partial charge in [0.1, 0.15) is 6.61 Å². The summed E-state index contributed by atoms with van der Waals surface area (Å²) in [6.07, 6.45) is 1.72. The summed E-state index contributed by atoms with van der Waals surface area (Å²) in [5.41, 5.74) is 2.71. The van der Waals surface area contributed by atoms with E-state index in [-0.39, 0.29) is 30.5 Å². The second kappa shape index (κ2) is 15.6. The average molecular weight is 803 g/mol. The lowest BCUT2D eigenvalue weighted by Gasteiger charge is -2.25. The van der Waals surface area contributed by atoms with Crippen molar-refractivity contribution in [2.24, 2.45) is 4.99 Å². The lowest BCUT2D eigenvalue weighted by Crippen LogP contribution is -2.40. The van der Waals surface area contributed by atoms with Crippen LogP contribution in [0.2, 0.25) is 5.02 Å². The van der Waals surface area contributed by atoms with Crippen LogP contribution in [0.4, 0.5) is 0 Å². The predicted octanol–water partition coefficient (Wildman–Crippen LogP) is 6.83. The van der Waals surface area contributed by atoms with Crippen LogP contribution >= 0.6 is 45.5 Å². The molecule has 0 fully saturated rings. The quantitative estimate of drug-likeness (QED) is 0.115. The molecule has 9 nitrogen and oxygen atoms in total. The predicted molar refractivity (Wildman–Crippen MR) is 195 cm³/mol. The molecule has 1 aromatic heterocycles. The van der Waals surface area contributed by atoms with Crippen LogP contribution in [0.3, 0.4) is 0 Å². The van der Waals surface area contributed by atoms with Crippen molar-refractivity contribution in [1.29, 1.82) is 0 Å². The van der Waals surface area contributed by atoms with Gasteiger partial charge < -0.3 is 23.7 Å². The Morgan fingerprint density at radius 1 is 1.06 bits per heavy atom. The number of rotatable bonds is 12. The number of allylic oxidation sites excluding steroid dienone is 1. The third-order valence-corrected chi connectivity index (χ3v) is 9.50. The molecule has 0 spiro atoms. The summed E-state index contributed by atoms with van der Waals surface area (Å²) in [5.74, 6) is 1.63. The number of carbonyl (C=O) groups excluding carboxylic acids is 1. The molecule has 3 aromatic carbocycles. The maximum absolute atomic E-state index is 14.2. The Bertz CT molecular complexity index is 2050. The van der Waals surface area contributed by atoms with Crippen LogP contribution in [0.1, 0.15) is 57.4 Å². The van der Waals surface area contributed by atoms with E-state index in [1.54, 1.807) is 43.7 Å². The Hall–Kier alpha value is -3.81. The number of thiazole rings is 1. The Kier molecular flexibility index (Phi) is 11.5. The summed E-state index contributed by atoms with van der Waals surface area (Å²) >= 11 is 9.79. The summed E-state index contributed by atoms with van der Waals surface area (Å²) in [5, 5.41) is 0.621. The van der Waals surface area contributed by atoms with Crippen molar-refractivity contribution >= 4 is 57.6 Å². The molecule has 4 aromatic rings. The van der Waals surface area contributed by atoms with Crippen molar-refractivity contribution in [2.75, 3.05) is 20.3 Å². The zero-order chi connectivity index (χ0) is 34.5. The number of ether oxygens (including phenoxy) is 5. The summed E-state index contributed by atoms with van der Waals surface area (Å²) in [6, 6.07) is 15.9. The number of methoxy groups -OCH3 is 1. The molecule has 1 aliphatic heterocycles. The Labute approximate surface area is 301 Å². The van der Waals surface area contributed by atoms with Crippen molar-refractivity contribution in [2.45, 2.75) is 53.4 Å². The number of fused-ring (bicyclic) bond motifs is 1. The van der Waals surface area contributed by atoms with Gasteiger partial charge in [0.25, 0.3) is 5.56 Å². The average Bonchev–Trinajstić information content (AvgIpc) is 3.34. The standard InChI is InChI=1S/C36H36ClIN2O7S/c1-7-44-29-16-22(15-26(38)33(29)46-19-24-11-9-10-12-25(24)37)17-30-34(41)40-32(23-13-14-27(47-20(3)4)28(18-23)43-6)31(35(42)45-8-2)21(5)39-36(40)48-30/h9-18,20,32H,7-8,19H2,1-6H3/b30-17+/t32-/m1/s1. The van der Waals surface area contributed by atoms with Crippen LogP contribution in [-0.4, -0.2) is 37.0 Å². The first-order valence-electron chi connectivity index (χ1n) is 15.4. The molecule has 0 radical (unpaired) electrons. The molecule has 0 amide bonds. The number of benzene rings is 3. The van der Waals surface area contributed by atoms with E-state index in [1.807, 2.05) is 63.2 Å². The molecule has 0 saturated heterocycles. The molecule has 0 N–H and O–H groups in total. The van der Waals surface area contributed by atoms with E-state index in [0.29, 0.717) is 55.2 Å². The molecule has 0 saturated carbocycles. The van der Waals surface area contributed by atoms with Gasteiger partial charge in [0.15, 0.2) is 27.8 Å². The fraction of sp³-hybridized carbons (Fsp3) is 0.306. The van der Waals surface area contributed by atoms with Gasteiger partial charge in [-0.1, -0.05) is 47.2 Å². The van der Waals surface area contributed by atoms with E-state index in [4.69, 9.17) is 40.3 Å². The topological polar surface area (TPSA) is 97.6 Å². The number of esters is 1. The van der Waals surface area contributed by atoms with E-state index in [0.717, 1.165) is 14.7 Å². The third kappa shape index (κ3) is 7.58. The van der Waals surface area contributed by atoms with Crippen molar-refractivity contribution in [1.82, 2.24) is 4.57 Å². The highest BCUT2D eigenvalue weighted by molar-refractivity contribution is 14.1. The minimum atomic E-state index is -0.802. The van der Waals surface area contributed by atoms with Crippen molar-refractivity contribution in [3.63, 3.8) is 0 Å². The number of halogens is 2. The lowest BCUT2D eigenvalue weighted by molar-refractivity contribution is -0.139. The SMILES string of the molecule is CCOC(=O)C1=C(C)N=c2s/c(=C/c3cc(I)c(OCc4ccccc4Cl)c(OCC)c3)c(=O)n2[C@@H]1c1ccc(OC(C)C)c(OC)c1. The number of carbonyl (C=O) groups is 1. The first kappa shape index (κ1) is 35.5. The van der Waals surface area contributed by atoms with Crippen LogP contribution in [0.5, 0.6) is 23.0 Å². The number of nitrogens with zero attached hydrogens (tertiary/aromatic N) is 2. The van der Waals surface area contributed by atoms with E-state index >= 15 is 0 Å². The summed E-state index contributed by atoms with van der Waals surface area (Å²) in [6.45, 7) is 10.1. The molecular formula is C36H36ClIN2O7S. The van der Waals surface area contributed by atoms with Crippen LogP contribution in [-0.2, 0) is 16.1 Å². The van der Waals surface area contributed by atoms with Gasteiger partial charge in [-0.15, -0.1) is 0 Å². The van der Waals surface area contributed by atoms with Crippen molar-refractivity contribution in [3.8, 4) is 23.0 Å². The molecule has 0 unspecified atom stereocenters. The number of hydrogen-bond donors (Lipinski definition) is 0. The highest BCUT2D eigenvalue weighted by Gasteiger charge is 2.34. The number of hydrogen-bond acceptors (Lipinski definition) is 9. The van der Waals surface area contributed by atoms with E-state index < -0.39 is 12.0 Å². The molecule has 252 valence electrons. The molecule has 0 aliphatic carbocycles. The maximum atomic E-state index is 14.2. The van der Waals surface area contributed by atoms with Crippen LogP contribution in [0, 0.1) is 3.57 Å². The van der Waals surface area contributed by atoms with Gasteiger partial charge in [0.2, 0.25) is 0 Å². The fourth-order valence-electron chi connectivity index (χ4n) is 5.30. The minimum Gasteiger partial charge on any atom is -0.493 e. The van der Waals surface area contributed by atoms with E-state index in [1.165, 1.54) is 11.3 Å². The lowest BCUT2D eigenvalue weighted by atomic mass is 9.95. The van der Waals surface area contributed by atoms with Crippen LogP contribution in [0.15, 0.2) is 75.7 Å². The fourth-order valence-corrected chi connectivity index (χ4v) is 7.32. The highest BCUT2D eigenvalue weighted by atomic mass is 127. The van der Waals surface area contributed by atoms with Gasteiger partial charge in [-0.2, -0.15) is 0 Å². The van der Waals surface area contributed by atoms with Gasteiger partial charge in [-0.05, 0) is 105 Å². The zero-order valence-electron chi connectivity index (χ0n) is 27.5. The Morgan fingerprint density at radius 2 is 1.83 bits per heavy atom. The third-order valence-electron chi connectivity index (χ3n) is 7.34. The smallest absolute Gasteiger partial charge is 0.338 e. The largest absolute Gasteiger partial charge is 0.493 e. The molecule has 12 heteroatoms. The molecule has 1 aliphatic rings. The zero-order valence-corrected chi connectivity index (χ0v) is 31.2. The van der Waals surface area contributed by atoms with Gasteiger partial charge in [0, 0.05) is 10.6 Å². The van der Waals surface area contributed by atoms with Gasteiger partial charge in [-0.3, -0.25) is 9.36 Å². The first-order chi connectivity index (χ1) is 23.1. The second-order valence-electron chi connectivity index (χ2n) is 11.0. The van der Waals surface area contributed by atoms with Gasteiger partial charge in [0.05, 0.1) is 51.8 Å². The molecular weight excluding hydrogens is 767 g/mol. The van der Waals surface area contributed by atoms with Crippen molar-refractivity contribution < 1.29 is 28.5 Å². The highest BCUT2D eigenvalue weighted by Crippen LogP contribution is 2.37.